The van der Waals surface area contributed by atoms with Crippen molar-refractivity contribution in [3.8, 4) is 0 Å². The molecule has 2 heterocycles. The minimum atomic E-state index is -0.438. The Kier molecular flexibility index (Phi) is 4.67. The minimum Gasteiger partial charge on any atom is -0.327 e. The van der Waals surface area contributed by atoms with Gasteiger partial charge in [-0.15, -0.1) is 11.6 Å². The molecule has 0 N–H and O–H groups in total. The molecule has 0 aliphatic carbocycles. The number of alkyl halides is 1. The first kappa shape index (κ1) is 15.1. The highest BCUT2D eigenvalue weighted by Gasteiger charge is 2.14. The van der Waals surface area contributed by atoms with E-state index in [0.29, 0.717) is 11.4 Å². The molecule has 1 aromatic heterocycles. The molecular weight excluding hydrogens is 312 g/mol. The Morgan fingerprint density at radius 1 is 1.19 bits per heavy atom. The predicted molar refractivity (Wildman–Crippen MR) is 84.5 cm³/mol. The summed E-state index contributed by atoms with van der Waals surface area (Å²) in [4.78, 5) is 6.88. The summed E-state index contributed by atoms with van der Waals surface area (Å²) in [7, 11) is 0. The number of nitrogens with zero attached hydrogens (tertiary/aromatic N) is 3. The third-order valence-electron chi connectivity index (χ3n) is 4.04. The maximum absolute atomic E-state index is 13.5. The molecule has 1 fully saturated rings. The number of hydrogen-bond donors (Lipinski definition) is 0. The van der Waals surface area contributed by atoms with Crippen LogP contribution in [-0.4, -0.2) is 34.1 Å². The van der Waals surface area contributed by atoms with Crippen LogP contribution in [-0.2, 0) is 12.4 Å². The van der Waals surface area contributed by atoms with E-state index in [4.69, 9.17) is 23.2 Å². The van der Waals surface area contributed by atoms with Crippen molar-refractivity contribution in [1.82, 2.24) is 14.5 Å². The highest BCUT2D eigenvalue weighted by molar-refractivity contribution is 6.31. The molecule has 1 saturated heterocycles. The molecule has 0 saturated carbocycles. The largest absolute Gasteiger partial charge is 0.327 e. The molecular formula is C15H18Cl2FN3. The van der Waals surface area contributed by atoms with Crippen LogP contribution in [0.4, 0.5) is 4.39 Å². The van der Waals surface area contributed by atoms with E-state index in [1.807, 2.05) is 0 Å². The van der Waals surface area contributed by atoms with Crippen LogP contribution in [0.2, 0.25) is 5.02 Å². The number of hydrogen-bond acceptors (Lipinski definition) is 2. The standard InChI is InChI=1S/C15H18Cl2FN3/c16-10-15-19-13-9-12(18)11(17)8-14(13)21(15)7-3-6-20-4-1-2-5-20/h8-9H,1-7,10H2. The summed E-state index contributed by atoms with van der Waals surface area (Å²) in [5.41, 5.74) is 1.48. The Labute approximate surface area is 133 Å². The van der Waals surface area contributed by atoms with Crippen LogP contribution in [0.15, 0.2) is 12.1 Å². The van der Waals surface area contributed by atoms with Crippen molar-refractivity contribution in [2.24, 2.45) is 0 Å². The molecule has 1 aromatic carbocycles. The lowest BCUT2D eigenvalue weighted by molar-refractivity contribution is 0.325. The van der Waals surface area contributed by atoms with E-state index in [-0.39, 0.29) is 5.02 Å². The molecule has 3 nitrogen and oxygen atoms in total. The first-order chi connectivity index (χ1) is 10.2. The number of aryl methyl sites for hydroxylation is 1. The third-order valence-corrected chi connectivity index (χ3v) is 4.57. The number of rotatable bonds is 5. The van der Waals surface area contributed by atoms with Crippen LogP contribution in [0.1, 0.15) is 25.1 Å². The van der Waals surface area contributed by atoms with E-state index in [2.05, 4.69) is 14.5 Å². The normalized spacial score (nSPS) is 16.1. The Morgan fingerprint density at radius 3 is 2.67 bits per heavy atom. The molecule has 1 aliphatic rings. The first-order valence-corrected chi connectivity index (χ1v) is 8.23. The SMILES string of the molecule is Fc1cc2nc(CCl)n(CCCN3CCCC3)c2cc1Cl. The highest BCUT2D eigenvalue weighted by atomic mass is 35.5. The summed E-state index contributed by atoms with van der Waals surface area (Å²) in [5, 5.41) is 0.129. The molecule has 21 heavy (non-hydrogen) atoms. The van der Waals surface area contributed by atoms with Crippen LogP contribution < -0.4 is 0 Å². The van der Waals surface area contributed by atoms with E-state index in [1.54, 1.807) is 6.07 Å². The van der Waals surface area contributed by atoms with Crippen LogP contribution in [0.25, 0.3) is 11.0 Å². The molecule has 2 aromatic rings. The first-order valence-electron chi connectivity index (χ1n) is 7.31. The van der Waals surface area contributed by atoms with E-state index < -0.39 is 5.82 Å². The van der Waals surface area contributed by atoms with E-state index in [1.165, 1.54) is 32.0 Å². The fraction of sp³-hybridized carbons (Fsp3) is 0.533. The number of fused-ring (bicyclic) bond motifs is 1. The van der Waals surface area contributed by atoms with Crippen LogP contribution >= 0.6 is 23.2 Å². The summed E-state index contributed by atoms with van der Waals surface area (Å²) < 4.78 is 15.6. The van der Waals surface area contributed by atoms with Crippen molar-refractivity contribution in [2.45, 2.75) is 31.7 Å². The minimum absolute atomic E-state index is 0.129. The van der Waals surface area contributed by atoms with Crippen LogP contribution in [0.5, 0.6) is 0 Å². The number of benzene rings is 1. The zero-order valence-electron chi connectivity index (χ0n) is 11.8. The quantitative estimate of drug-likeness (QED) is 0.771. The number of halogens is 3. The molecule has 0 atom stereocenters. The highest BCUT2D eigenvalue weighted by Crippen LogP contribution is 2.25. The molecule has 0 radical (unpaired) electrons. The van der Waals surface area contributed by atoms with Gasteiger partial charge >= 0.3 is 0 Å². The molecule has 114 valence electrons. The summed E-state index contributed by atoms with van der Waals surface area (Å²) >= 11 is 11.9. The zero-order valence-corrected chi connectivity index (χ0v) is 13.3. The van der Waals surface area contributed by atoms with Gasteiger partial charge < -0.3 is 9.47 Å². The molecule has 1 aliphatic heterocycles. The van der Waals surface area contributed by atoms with Gasteiger partial charge in [-0.3, -0.25) is 0 Å². The van der Waals surface area contributed by atoms with Crippen molar-refractivity contribution >= 4 is 34.2 Å². The number of likely N-dealkylation sites (tertiary alicyclic amines) is 1. The molecule has 3 rings (SSSR count). The Morgan fingerprint density at radius 2 is 1.95 bits per heavy atom. The summed E-state index contributed by atoms with van der Waals surface area (Å²) in [5.74, 6) is 0.652. The summed E-state index contributed by atoms with van der Waals surface area (Å²) in [6.07, 6.45) is 3.63. The molecule has 0 bridgehead atoms. The van der Waals surface area contributed by atoms with Gasteiger partial charge in [0.2, 0.25) is 0 Å². The van der Waals surface area contributed by atoms with Crippen LogP contribution in [0.3, 0.4) is 0 Å². The van der Waals surface area contributed by atoms with E-state index >= 15 is 0 Å². The van der Waals surface area contributed by atoms with Crippen molar-refractivity contribution in [3.63, 3.8) is 0 Å². The third kappa shape index (κ3) is 3.17. The van der Waals surface area contributed by atoms with Gasteiger partial charge in [0.1, 0.15) is 11.6 Å². The summed E-state index contributed by atoms with van der Waals surface area (Å²) in [6.45, 7) is 4.31. The topological polar surface area (TPSA) is 21.1 Å². The zero-order chi connectivity index (χ0) is 14.8. The van der Waals surface area contributed by atoms with Gasteiger partial charge in [-0.2, -0.15) is 0 Å². The smallest absolute Gasteiger partial charge is 0.144 e. The van der Waals surface area contributed by atoms with Crippen molar-refractivity contribution in [1.29, 1.82) is 0 Å². The number of imidazole rings is 1. The lowest BCUT2D eigenvalue weighted by Crippen LogP contribution is -2.21. The lowest BCUT2D eigenvalue weighted by atomic mass is 10.3. The van der Waals surface area contributed by atoms with Gasteiger partial charge in [0.05, 0.1) is 21.9 Å². The second-order valence-corrected chi connectivity index (χ2v) is 6.15. The summed E-state index contributed by atoms with van der Waals surface area (Å²) in [6, 6.07) is 3.02. The Hall–Kier alpha value is -0.840. The molecule has 6 heteroatoms. The Bertz CT molecular complexity index is 635. The van der Waals surface area contributed by atoms with E-state index in [9.17, 15) is 4.39 Å². The maximum Gasteiger partial charge on any atom is 0.144 e. The fourth-order valence-corrected chi connectivity index (χ4v) is 3.34. The second kappa shape index (κ2) is 6.51. The van der Waals surface area contributed by atoms with Gasteiger partial charge in [0.25, 0.3) is 0 Å². The van der Waals surface area contributed by atoms with Crippen molar-refractivity contribution in [3.05, 3.63) is 28.8 Å². The van der Waals surface area contributed by atoms with Gasteiger partial charge in [-0.25, -0.2) is 9.37 Å². The van der Waals surface area contributed by atoms with Crippen LogP contribution in [0, 0.1) is 5.82 Å². The van der Waals surface area contributed by atoms with E-state index in [0.717, 1.165) is 30.9 Å². The van der Waals surface area contributed by atoms with Crippen molar-refractivity contribution < 1.29 is 4.39 Å². The van der Waals surface area contributed by atoms with Crippen molar-refractivity contribution in [2.75, 3.05) is 19.6 Å². The lowest BCUT2D eigenvalue weighted by Gasteiger charge is -2.15. The monoisotopic (exact) mass is 329 g/mol. The molecule has 0 amide bonds. The second-order valence-electron chi connectivity index (χ2n) is 5.47. The van der Waals surface area contributed by atoms with Gasteiger partial charge in [-0.05, 0) is 45.0 Å². The Balaban J connectivity index is 1.80. The van der Waals surface area contributed by atoms with Gasteiger partial charge in [0, 0.05) is 12.6 Å². The van der Waals surface area contributed by atoms with Gasteiger partial charge in [0.15, 0.2) is 0 Å². The van der Waals surface area contributed by atoms with Gasteiger partial charge in [-0.1, -0.05) is 11.6 Å². The average molecular weight is 330 g/mol. The predicted octanol–water partition coefficient (Wildman–Crippen LogP) is 4.05. The average Bonchev–Trinajstić information content (AvgIpc) is 3.08. The fourth-order valence-electron chi connectivity index (χ4n) is 2.98. The molecule has 0 spiro atoms. The number of aromatic nitrogens is 2. The molecule has 0 unspecified atom stereocenters. The maximum atomic E-state index is 13.5.